The highest BCUT2D eigenvalue weighted by Gasteiger charge is 2.56. The van der Waals surface area contributed by atoms with Crippen LogP contribution in [0.4, 0.5) is 0 Å². The Labute approximate surface area is 179 Å². The molecule has 1 aromatic carbocycles. The largest absolute Gasteiger partial charge is 0.497 e. The Morgan fingerprint density at radius 3 is 2.37 bits per heavy atom. The lowest BCUT2D eigenvalue weighted by molar-refractivity contribution is -0.180. The zero-order valence-corrected chi connectivity index (χ0v) is 19.3. The normalized spacial score (nSPS) is 23.7. The lowest BCUT2D eigenvalue weighted by atomic mass is 9.75. The molecule has 1 aromatic rings. The molecule has 0 aromatic heterocycles. The summed E-state index contributed by atoms with van der Waals surface area (Å²) >= 11 is 0. The lowest BCUT2D eigenvalue weighted by Crippen LogP contribution is -2.53. The smallest absolute Gasteiger partial charge is 0.330 e. The average Bonchev–Trinajstić information content (AvgIpc) is 2.71. The van der Waals surface area contributed by atoms with Crippen molar-refractivity contribution in [2.24, 2.45) is 5.41 Å². The zero-order chi connectivity index (χ0) is 22.4. The van der Waals surface area contributed by atoms with Crippen molar-refractivity contribution in [1.82, 2.24) is 0 Å². The van der Waals surface area contributed by atoms with Crippen molar-refractivity contribution in [3.63, 3.8) is 0 Å². The van der Waals surface area contributed by atoms with Crippen LogP contribution >= 0.6 is 0 Å². The second-order valence-electron chi connectivity index (χ2n) is 8.62. The van der Waals surface area contributed by atoms with Crippen LogP contribution in [0.15, 0.2) is 36.4 Å². The molecule has 0 saturated carbocycles. The molecule has 166 valence electrons. The fraction of sp³-hybridized carbons (Fsp3) is 0.545. The molecule has 2 rings (SSSR count). The van der Waals surface area contributed by atoms with Crippen LogP contribution in [0.2, 0.25) is 25.7 Å². The third kappa shape index (κ3) is 5.93. The highest BCUT2D eigenvalue weighted by molar-refractivity contribution is 6.76. The summed E-state index contributed by atoms with van der Waals surface area (Å²) in [6, 6.07) is 8.04. The van der Waals surface area contributed by atoms with E-state index in [4.69, 9.17) is 18.9 Å². The van der Waals surface area contributed by atoms with Gasteiger partial charge < -0.3 is 24.1 Å². The molecule has 8 heteroatoms. The first-order valence-corrected chi connectivity index (χ1v) is 13.7. The van der Waals surface area contributed by atoms with Gasteiger partial charge in [0.2, 0.25) is 5.41 Å². The van der Waals surface area contributed by atoms with Gasteiger partial charge in [0, 0.05) is 14.5 Å². The van der Waals surface area contributed by atoms with Gasteiger partial charge in [-0.25, -0.2) is 0 Å². The number of methoxy groups -OCH3 is 2. The number of carbonyl (C=O) groups is 2. The molecular weight excluding hydrogens is 404 g/mol. The highest BCUT2D eigenvalue weighted by Crippen LogP contribution is 2.37. The van der Waals surface area contributed by atoms with Gasteiger partial charge in [0.25, 0.3) is 0 Å². The van der Waals surface area contributed by atoms with Crippen LogP contribution in [-0.2, 0) is 30.4 Å². The molecule has 30 heavy (non-hydrogen) atoms. The molecule has 0 saturated heterocycles. The molecule has 0 unspecified atom stereocenters. The fourth-order valence-corrected chi connectivity index (χ4v) is 3.91. The second-order valence-corrected chi connectivity index (χ2v) is 14.2. The van der Waals surface area contributed by atoms with E-state index in [9.17, 15) is 14.7 Å². The first kappa shape index (κ1) is 24.1. The van der Waals surface area contributed by atoms with E-state index in [2.05, 4.69) is 19.6 Å². The first-order valence-electron chi connectivity index (χ1n) is 10.00. The van der Waals surface area contributed by atoms with Crippen LogP contribution in [0, 0.1) is 5.41 Å². The predicted octanol–water partition coefficient (Wildman–Crippen LogP) is 2.94. The van der Waals surface area contributed by atoms with Gasteiger partial charge in [-0.2, -0.15) is 0 Å². The third-order valence-electron chi connectivity index (χ3n) is 5.10. The Balaban J connectivity index is 2.23. The van der Waals surface area contributed by atoms with Crippen molar-refractivity contribution in [1.29, 1.82) is 0 Å². The monoisotopic (exact) mass is 436 g/mol. The van der Waals surface area contributed by atoms with Gasteiger partial charge in [-0.3, -0.25) is 9.59 Å². The number of hydrogen-bond donors (Lipinski definition) is 1. The molecule has 0 aliphatic heterocycles. The number of carbonyl (C=O) groups excluding carboxylic acids is 2. The average molecular weight is 437 g/mol. The number of aliphatic hydroxyl groups excluding tert-OH is 1. The van der Waals surface area contributed by atoms with Gasteiger partial charge >= 0.3 is 11.9 Å². The Morgan fingerprint density at radius 2 is 1.80 bits per heavy atom. The van der Waals surface area contributed by atoms with Crippen LogP contribution in [0.25, 0.3) is 0 Å². The standard InChI is InChI=1S/C22H32O7Si/c1-26-18-8-6-16(7-9-18)15-29-19-14-17(23)10-11-22(19,20(24)27-2)21(25)28-12-13-30(3,4)5/h6-11,17,19,23H,12-15H2,1-5H3/t17-,19+,22+/m1/s1. The van der Waals surface area contributed by atoms with Crippen LogP contribution in [-0.4, -0.2) is 58.2 Å². The number of ether oxygens (including phenoxy) is 4. The molecule has 0 fully saturated rings. The van der Waals surface area contributed by atoms with Gasteiger partial charge in [-0.05, 0) is 23.7 Å². The van der Waals surface area contributed by atoms with E-state index < -0.39 is 37.6 Å². The summed E-state index contributed by atoms with van der Waals surface area (Å²) in [6.45, 7) is 6.91. The Bertz CT molecular complexity index is 754. The summed E-state index contributed by atoms with van der Waals surface area (Å²) < 4.78 is 21.6. The van der Waals surface area contributed by atoms with Crippen molar-refractivity contribution < 1.29 is 33.6 Å². The summed E-state index contributed by atoms with van der Waals surface area (Å²) in [5.74, 6) is -0.761. The lowest BCUT2D eigenvalue weighted by Gasteiger charge is -2.37. The van der Waals surface area contributed by atoms with Crippen molar-refractivity contribution in [2.75, 3.05) is 20.8 Å². The number of hydrogen-bond acceptors (Lipinski definition) is 7. The molecule has 1 N–H and O–H groups in total. The molecular formula is C22H32O7Si. The molecule has 3 atom stereocenters. The Morgan fingerprint density at radius 1 is 1.13 bits per heavy atom. The van der Waals surface area contributed by atoms with E-state index in [1.807, 2.05) is 12.1 Å². The highest BCUT2D eigenvalue weighted by atomic mass is 28.3. The maximum Gasteiger partial charge on any atom is 0.330 e. The maximum absolute atomic E-state index is 13.1. The maximum atomic E-state index is 13.1. The van der Waals surface area contributed by atoms with Crippen LogP contribution < -0.4 is 4.74 Å². The molecule has 0 spiro atoms. The van der Waals surface area contributed by atoms with Gasteiger partial charge in [0.1, 0.15) is 5.75 Å². The molecule has 0 bridgehead atoms. The van der Waals surface area contributed by atoms with E-state index in [1.165, 1.54) is 19.3 Å². The van der Waals surface area contributed by atoms with Gasteiger partial charge in [0.15, 0.2) is 0 Å². The fourth-order valence-electron chi connectivity index (χ4n) is 3.19. The number of esters is 2. The van der Waals surface area contributed by atoms with Crippen LogP contribution in [0.5, 0.6) is 5.75 Å². The van der Waals surface area contributed by atoms with Crippen molar-refractivity contribution in [3.05, 3.63) is 42.0 Å². The summed E-state index contributed by atoms with van der Waals surface area (Å²) in [6.07, 6.45) is 1.10. The minimum Gasteiger partial charge on any atom is -0.497 e. The predicted molar refractivity (Wildman–Crippen MR) is 115 cm³/mol. The molecule has 0 radical (unpaired) electrons. The quantitative estimate of drug-likeness (QED) is 0.275. The van der Waals surface area contributed by atoms with Crippen molar-refractivity contribution in [3.8, 4) is 5.75 Å². The number of rotatable bonds is 9. The van der Waals surface area contributed by atoms with Gasteiger partial charge in [0.05, 0.1) is 39.6 Å². The zero-order valence-electron chi connectivity index (χ0n) is 18.3. The molecule has 0 heterocycles. The second kappa shape index (κ2) is 10.2. The van der Waals surface area contributed by atoms with Gasteiger partial charge in [-0.15, -0.1) is 0 Å². The minimum atomic E-state index is -1.75. The van der Waals surface area contributed by atoms with E-state index in [0.29, 0.717) is 5.75 Å². The Hall–Kier alpha value is -2.16. The summed E-state index contributed by atoms with van der Waals surface area (Å²) in [4.78, 5) is 25.8. The SMILES string of the molecule is COC(=O)[C@]1(C(=O)OCC[Si](C)(C)C)C=C[C@@H](O)C[C@@H]1OCc1ccc(OC)cc1. The van der Waals surface area contributed by atoms with Crippen molar-refractivity contribution in [2.45, 2.75) is 50.9 Å². The topological polar surface area (TPSA) is 91.3 Å². The minimum absolute atomic E-state index is 0.0743. The number of aliphatic hydroxyl groups is 1. The molecule has 7 nitrogen and oxygen atoms in total. The summed E-state index contributed by atoms with van der Waals surface area (Å²) in [5, 5.41) is 10.1. The van der Waals surface area contributed by atoms with E-state index >= 15 is 0 Å². The van der Waals surface area contributed by atoms with E-state index in [1.54, 1.807) is 19.2 Å². The van der Waals surface area contributed by atoms with Crippen LogP contribution in [0.3, 0.4) is 0 Å². The molecule has 0 amide bonds. The Kier molecular flexibility index (Phi) is 8.23. The van der Waals surface area contributed by atoms with E-state index in [-0.39, 0.29) is 19.6 Å². The molecule has 1 aliphatic rings. The van der Waals surface area contributed by atoms with Gasteiger partial charge in [-0.1, -0.05) is 43.9 Å². The number of benzene rings is 1. The van der Waals surface area contributed by atoms with Crippen molar-refractivity contribution >= 4 is 20.0 Å². The van der Waals surface area contributed by atoms with E-state index in [0.717, 1.165) is 11.6 Å². The summed E-state index contributed by atoms with van der Waals surface area (Å²) in [5.41, 5.74) is -0.911. The summed E-state index contributed by atoms with van der Waals surface area (Å²) in [7, 11) is 1.38. The van der Waals surface area contributed by atoms with Crippen LogP contribution in [0.1, 0.15) is 12.0 Å². The molecule has 1 aliphatic carbocycles. The third-order valence-corrected chi connectivity index (χ3v) is 6.81. The first-order chi connectivity index (χ1) is 14.1.